The van der Waals surface area contributed by atoms with E-state index in [2.05, 4.69) is 4.98 Å². The van der Waals surface area contributed by atoms with Gasteiger partial charge < -0.3 is 5.11 Å². The van der Waals surface area contributed by atoms with Crippen molar-refractivity contribution in [2.24, 2.45) is 0 Å². The zero-order valence-electron chi connectivity index (χ0n) is 7.93. The first-order valence-corrected chi connectivity index (χ1v) is 5.48. The Kier molecular flexibility index (Phi) is 2.41. The van der Waals surface area contributed by atoms with E-state index < -0.39 is 6.09 Å². The summed E-state index contributed by atoms with van der Waals surface area (Å²) < 4.78 is 0. The van der Waals surface area contributed by atoms with E-state index in [0.29, 0.717) is 6.54 Å². The molecule has 76 valence electrons. The lowest BCUT2D eigenvalue weighted by Gasteiger charge is -2.18. The van der Waals surface area contributed by atoms with Gasteiger partial charge in [-0.05, 0) is 19.8 Å². The zero-order valence-corrected chi connectivity index (χ0v) is 8.75. The Morgan fingerprint density at radius 2 is 2.57 bits per heavy atom. The standard InChI is InChI=1S/C9H12N2O2S/c1-6-5-14-8(10-6)7-3-2-4-11(7)9(12)13/h5,7H,2-4H2,1H3,(H,12,13)/t7-/m0/s1. The van der Waals surface area contributed by atoms with Crippen LogP contribution in [0.25, 0.3) is 0 Å². The molecule has 14 heavy (non-hydrogen) atoms. The van der Waals surface area contributed by atoms with E-state index >= 15 is 0 Å². The number of carbonyl (C=O) groups is 1. The highest BCUT2D eigenvalue weighted by Crippen LogP contribution is 2.33. The highest BCUT2D eigenvalue weighted by Gasteiger charge is 2.31. The zero-order chi connectivity index (χ0) is 10.1. The van der Waals surface area contributed by atoms with E-state index in [4.69, 9.17) is 5.11 Å². The second kappa shape index (κ2) is 3.57. The van der Waals surface area contributed by atoms with Crippen LogP contribution in [0.4, 0.5) is 4.79 Å². The molecular weight excluding hydrogens is 200 g/mol. The molecule has 1 saturated heterocycles. The fourth-order valence-corrected chi connectivity index (χ4v) is 2.72. The van der Waals surface area contributed by atoms with Crippen molar-refractivity contribution in [1.29, 1.82) is 0 Å². The quantitative estimate of drug-likeness (QED) is 0.776. The lowest BCUT2D eigenvalue weighted by molar-refractivity contribution is 0.140. The summed E-state index contributed by atoms with van der Waals surface area (Å²) in [7, 11) is 0. The van der Waals surface area contributed by atoms with Crippen molar-refractivity contribution in [3.63, 3.8) is 0 Å². The lowest BCUT2D eigenvalue weighted by Crippen LogP contribution is -2.28. The third-order valence-corrected chi connectivity index (χ3v) is 3.48. The summed E-state index contributed by atoms with van der Waals surface area (Å²) in [5.74, 6) is 0. The number of thiazole rings is 1. The van der Waals surface area contributed by atoms with Gasteiger partial charge in [0.1, 0.15) is 5.01 Å². The van der Waals surface area contributed by atoms with Crippen LogP contribution in [-0.2, 0) is 0 Å². The van der Waals surface area contributed by atoms with Gasteiger partial charge in [0.15, 0.2) is 0 Å². The Balaban J connectivity index is 2.21. The molecule has 0 unspecified atom stereocenters. The molecule has 1 amide bonds. The van der Waals surface area contributed by atoms with E-state index in [0.717, 1.165) is 23.5 Å². The summed E-state index contributed by atoms with van der Waals surface area (Å²) in [5.41, 5.74) is 0.974. The van der Waals surface area contributed by atoms with Gasteiger partial charge in [-0.2, -0.15) is 0 Å². The van der Waals surface area contributed by atoms with Crippen LogP contribution in [0.3, 0.4) is 0 Å². The fraction of sp³-hybridized carbons (Fsp3) is 0.556. The molecule has 1 aliphatic heterocycles. The first-order valence-electron chi connectivity index (χ1n) is 4.60. The largest absolute Gasteiger partial charge is 0.465 e. The normalized spacial score (nSPS) is 21.5. The number of likely N-dealkylation sites (tertiary alicyclic amines) is 1. The van der Waals surface area contributed by atoms with Crippen LogP contribution in [0.15, 0.2) is 5.38 Å². The van der Waals surface area contributed by atoms with E-state index in [1.54, 1.807) is 11.3 Å². The van der Waals surface area contributed by atoms with Crippen molar-refractivity contribution in [2.45, 2.75) is 25.8 Å². The summed E-state index contributed by atoms with van der Waals surface area (Å²) in [4.78, 5) is 16.7. The molecule has 1 fully saturated rings. The first-order chi connectivity index (χ1) is 6.68. The van der Waals surface area contributed by atoms with E-state index in [1.807, 2.05) is 12.3 Å². The summed E-state index contributed by atoms with van der Waals surface area (Å²) >= 11 is 1.55. The maximum atomic E-state index is 10.9. The lowest BCUT2D eigenvalue weighted by atomic mass is 10.2. The van der Waals surface area contributed by atoms with Gasteiger partial charge >= 0.3 is 6.09 Å². The van der Waals surface area contributed by atoms with Crippen molar-refractivity contribution in [3.8, 4) is 0 Å². The van der Waals surface area contributed by atoms with Crippen LogP contribution in [0.1, 0.15) is 29.6 Å². The number of hydrogen-bond acceptors (Lipinski definition) is 3. The Morgan fingerprint density at radius 1 is 1.79 bits per heavy atom. The highest BCUT2D eigenvalue weighted by atomic mass is 32.1. The molecule has 2 rings (SSSR count). The predicted octanol–water partition coefficient (Wildman–Crippen LogP) is 2.27. The van der Waals surface area contributed by atoms with Crippen LogP contribution in [0.2, 0.25) is 0 Å². The fourth-order valence-electron chi connectivity index (χ4n) is 1.78. The van der Waals surface area contributed by atoms with Gasteiger partial charge in [-0.3, -0.25) is 4.90 Å². The van der Waals surface area contributed by atoms with Gasteiger partial charge in [0.2, 0.25) is 0 Å². The predicted molar refractivity (Wildman–Crippen MR) is 53.6 cm³/mol. The number of rotatable bonds is 1. The Labute approximate surface area is 86.2 Å². The number of amides is 1. The molecule has 1 aromatic rings. The van der Waals surface area contributed by atoms with Crippen molar-refractivity contribution < 1.29 is 9.90 Å². The SMILES string of the molecule is Cc1csc([C@@H]2CCCN2C(=O)O)n1. The summed E-state index contributed by atoms with van der Waals surface area (Å²) in [6, 6.07) is -0.00815. The number of nitrogens with zero attached hydrogens (tertiary/aromatic N) is 2. The molecule has 0 saturated carbocycles. The van der Waals surface area contributed by atoms with Gasteiger partial charge in [-0.1, -0.05) is 0 Å². The molecule has 0 radical (unpaired) electrons. The molecule has 1 atom stereocenters. The van der Waals surface area contributed by atoms with Crippen molar-refractivity contribution >= 4 is 17.4 Å². The molecule has 1 aliphatic rings. The smallest absolute Gasteiger partial charge is 0.407 e. The van der Waals surface area contributed by atoms with Gasteiger partial charge in [0, 0.05) is 17.6 Å². The van der Waals surface area contributed by atoms with Gasteiger partial charge in [-0.25, -0.2) is 9.78 Å². The third kappa shape index (κ3) is 1.59. The second-order valence-electron chi connectivity index (χ2n) is 3.46. The summed E-state index contributed by atoms with van der Waals surface area (Å²) in [5, 5.41) is 11.9. The maximum Gasteiger partial charge on any atom is 0.407 e. The molecule has 0 spiro atoms. The monoisotopic (exact) mass is 212 g/mol. The Hall–Kier alpha value is -1.10. The van der Waals surface area contributed by atoms with E-state index in [1.165, 1.54) is 4.90 Å². The van der Waals surface area contributed by atoms with E-state index in [9.17, 15) is 4.79 Å². The van der Waals surface area contributed by atoms with Crippen LogP contribution in [0, 0.1) is 6.92 Å². The van der Waals surface area contributed by atoms with Gasteiger partial charge in [0.05, 0.1) is 6.04 Å². The number of aromatic nitrogens is 1. The van der Waals surface area contributed by atoms with Crippen LogP contribution in [-0.4, -0.2) is 27.6 Å². The first kappa shape index (κ1) is 9.45. The number of aryl methyl sites for hydroxylation is 1. The van der Waals surface area contributed by atoms with E-state index in [-0.39, 0.29) is 6.04 Å². The van der Waals surface area contributed by atoms with Crippen LogP contribution in [0.5, 0.6) is 0 Å². The van der Waals surface area contributed by atoms with Gasteiger partial charge in [0.25, 0.3) is 0 Å². The van der Waals surface area contributed by atoms with Gasteiger partial charge in [-0.15, -0.1) is 11.3 Å². The van der Waals surface area contributed by atoms with Crippen molar-refractivity contribution in [2.75, 3.05) is 6.54 Å². The average molecular weight is 212 g/mol. The second-order valence-corrected chi connectivity index (χ2v) is 4.35. The molecule has 1 N–H and O–H groups in total. The molecule has 0 aliphatic carbocycles. The third-order valence-electron chi connectivity index (χ3n) is 2.42. The molecule has 4 nitrogen and oxygen atoms in total. The molecule has 1 aromatic heterocycles. The highest BCUT2D eigenvalue weighted by molar-refractivity contribution is 7.09. The Bertz CT molecular complexity index is 350. The average Bonchev–Trinajstić information content (AvgIpc) is 2.70. The molecule has 0 aromatic carbocycles. The molecular formula is C9H12N2O2S. The van der Waals surface area contributed by atoms with Crippen molar-refractivity contribution in [1.82, 2.24) is 9.88 Å². The molecule has 0 bridgehead atoms. The summed E-state index contributed by atoms with van der Waals surface area (Å²) in [6.45, 7) is 2.57. The minimum atomic E-state index is -0.833. The molecule has 5 heteroatoms. The minimum absolute atomic E-state index is 0.00815. The minimum Gasteiger partial charge on any atom is -0.465 e. The maximum absolute atomic E-state index is 10.9. The van der Waals surface area contributed by atoms with Crippen molar-refractivity contribution in [3.05, 3.63) is 16.1 Å². The summed E-state index contributed by atoms with van der Waals surface area (Å²) in [6.07, 6.45) is 1.01. The van der Waals surface area contributed by atoms with Crippen LogP contribution >= 0.6 is 11.3 Å². The number of hydrogen-bond donors (Lipinski definition) is 1. The molecule has 2 heterocycles. The topological polar surface area (TPSA) is 53.4 Å². The number of carboxylic acid groups (broad SMARTS) is 1. The van der Waals surface area contributed by atoms with Crippen LogP contribution < -0.4 is 0 Å². The Morgan fingerprint density at radius 3 is 3.14 bits per heavy atom.